The predicted molar refractivity (Wildman–Crippen MR) is 113 cm³/mol. The van der Waals surface area contributed by atoms with E-state index < -0.39 is 9.52 Å². The zero-order valence-electron chi connectivity index (χ0n) is 15.2. The van der Waals surface area contributed by atoms with Crippen molar-refractivity contribution in [1.82, 2.24) is 0 Å². The second-order valence-corrected chi connectivity index (χ2v) is 10.2. The van der Waals surface area contributed by atoms with Crippen molar-refractivity contribution < 1.29 is 25.8 Å². The van der Waals surface area contributed by atoms with E-state index in [1.165, 1.54) is 32.6 Å². The summed E-state index contributed by atoms with van der Waals surface area (Å²) in [5.74, 6) is 0. The molecule has 26 heavy (non-hydrogen) atoms. The van der Waals surface area contributed by atoms with Gasteiger partial charge in [0.15, 0.2) is 0 Å². The van der Waals surface area contributed by atoms with E-state index in [4.69, 9.17) is 23.2 Å². The first-order valence-corrected chi connectivity index (χ1v) is 11.2. The van der Waals surface area contributed by atoms with Gasteiger partial charge in [-0.25, -0.2) is 0 Å². The average Bonchev–Trinajstić information content (AvgIpc) is 3.09. The van der Waals surface area contributed by atoms with Gasteiger partial charge in [0.25, 0.3) is 0 Å². The van der Waals surface area contributed by atoms with Crippen LogP contribution >= 0.6 is 23.2 Å². The van der Waals surface area contributed by atoms with Crippen molar-refractivity contribution in [2.24, 2.45) is 0 Å². The molecule has 0 aliphatic heterocycles. The van der Waals surface area contributed by atoms with E-state index in [9.17, 15) is 0 Å². The number of hydrogen-bond donors (Lipinski definition) is 0. The fourth-order valence-corrected chi connectivity index (χ4v) is 7.69. The number of allylic oxidation sites excluding steroid dienone is 2. The van der Waals surface area contributed by atoms with E-state index in [0.29, 0.717) is 0 Å². The summed E-state index contributed by atoms with van der Waals surface area (Å²) < 4.78 is 0. The second kappa shape index (κ2) is 7.54. The number of benzene rings is 2. The second-order valence-electron chi connectivity index (χ2n) is 7.00. The summed E-state index contributed by atoms with van der Waals surface area (Å²) in [7, 11) is -0.736. The Morgan fingerprint density at radius 3 is 1.50 bits per heavy atom. The van der Waals surface area contributed by atoms with Crippen molar-refractivity contribution >= 4 is 44.9 Å². The molecule has 0 N–H and O–H groups in total. The summed E-state index contributed by atoms with van der Waals surface area (Å²) in [6, 6.07) is 17.1. The van der Waals surface area contributed by atoms with Crippen molar-refractivity contribution in [3.63, 3.8) is 0 Å². The minimum absolute atomic E-state index is 0. The zero-order valence-corrected chi connectivity index (χ0v) is 21.7. The third-order valence-electron chi connectivity index (χ3n) is 5.81. The molecule has 2 aromatic rings. The number of rotatable bonds is 4. The van der Waals surface area contributed by atoms with Crippen LogP contribution in [0.5, 0.6) is 0 Å². The molecular formula is C22H22Cl2HfSi. The Hall–Kier alpha value is -0.413. The molecule has 132 valence electrons. The third-order valence-corrected chi connectivity index (χ3v) is 10.1. The van der Waals surface area contributed by atoms with Gasteiger partial charge in [-0.05, 0) is 35.1 Å². The van der Waals surface area contributed by atoms with E-state index in [-0.39, 0.29) is 35.6 Å². The molecule has 0 spiro atoms. The van der Waals surface area contributed by atoms with Gasteiger partial charge in [0.1, 0.15) is 0 Å². The predicted octanol–water partition coefficient (Wildman–Crippen LogP) is 5.95. The van der Waals surface area contributed by atoms with E-state index in [1.807, 2.05) is 0 Å². The van der Waals surface area contributed by atoms with Crippen LogP contribution in [-0.2, 0) is 35.6 Å². The van der Waals surface area contributed by atoms with E-state index >= 15 is 0 Å². The van der Waals surface area contributed by atoms with Crippen LogP contribution in [0, 0.1) is 0 Å². The molecule has 0 amide bonds. The molecule has 4 rings (SSSR count). The number of halogens is 2. The largest absolute Gasteiger partial charge is 0.110 e. The summed E-state index contributed by atoms with van der Waals surface area (Å²) in [6.07, 6.45) is 6.47. The smallest absolute Gasteiger partial charge is 0.0873 e. The monoisotopic (exact) mass is 564 g/mol. The van der Waals surface area contributed by atoms with Gasteiger partial charge in [-0.1, -0.05) is 84.9 Å². The van der Waals surface area contributed by atoms with Crippen molar-refractivity contribution in [3.05, 3.63) is 81.2 Å². The van der Waals surface area contributed by atoms with Crippen LogP contribution < -0.4 is 0 Å². The summed E-state index contributed by atoms with van der Waals surface area (Å²) in [5.41, 5.74) is 5.06. The molecule has 2 aliphatic rings. The Bertz CT molecular complexity index is 831. The summed E-state index contributed by atoms with van der Waals surface area (Å²) in [6.45, 7) is 4.37. The Balaban J connectivity index is 0.00000196. The van der Waals surface area contributed by atoms with Crippen molar-refractivity contribution in [2.45, 2.75) is 36.4 Å². The summed E-state index contributed by atoms with van der Waals surface area (Å²) in [5, 5.41) is 2.80. The van der Waals surface area contributed by atoms with E-state index in [1.54, 1.807) is 0 Å². The van der Waals surface area contributed by atoms with E-state index in [0.717, 1.165) is 12.8 Å². The molecule has 2 atom stereocenters. The van der Waals surface area contributed by atoms with Crippen LogP contribution in [0.3, 0.4) is 0 Å². The van der Waals surface area contributed by atoms with E-state index in [2.05, 4.69) is 74.5 Å². The molecule has 0 bridgehead atoms. The third kappa shape index (κ3) is 2.98. The van der Waals surface area contributed by atoms with Crippen LogP contribution in [0.4, 0.5) is 0 Å². The first-order valence-electron chi connectivity index (χ1n) is 9.02. The molecular weight excluding hydrogens is 542 g/mol. The van der Waals surface area contributed by atoms with Gasteiger partial charge in [0.2, 0.25) is 0 Å². The molecule has 0 radical (unpaired) electrons. The van der Waals surface area contributed by atoms with Crippen molar-refractivity contribution in [1.29, 1.82) is 0 Å². The van der Waals surface area contributed by atoms with Gasteiger partial charge in [-0.2, -0.15) is 0 Å². The molecule has 0 heterocycles. The maximum atomic E-state index is 7.17. The standard InChI is InChI=1S/C22H22Cl2Si.Hf/c1-3-21(23)17-11-7-5-9-15(17)13-19(21)25-20-14-16-10-6-8-12-18(16)22(20,24)4-2;/h5-14H,3-4,25H2,1-2H3;. The normalized spacial score (nSPS) is 26.3. The summed E-state index contributed by atoms with van der Waals surface area (Å²) in [4.78, 5) is -0.714. The minimum Gasteiger partial charge on any atom is -0.110 e. The summed E-state index contributed by atoms with van der Waals surface area (Å²) >= 11 is 14.3. The molecule has 0 saturated carbocycles. The van der Waals surface area contributed by atoms with Crippen molar-refractivity contribution in [3.8, 4) is 0 Å². The van der Waals surface area contributed by atoms with Crippen LogP contribution in [0.1, 0.15) is 48.9 Å². The fraction of sp³-hybridized carbons (Fsp3) is 0.273. The maximum absolute atomic E-state index is 7.17. The van der Waals surface area contributed by atoms with Crippen molar-refractivity contribution in [2.75, 3.05) is 0 Å². The fourth-order valence-electron chi connectivity index (χ4n) is 4.34. The molecule has 2 unspecified atom stereocenters. The Labute approximate surface area is 187 Å². The molecule has 2 aliphatic carbocycles. The minimum atomic E-state index is -0.736. The Kier molecular flexibility index (Phi) is 5.90. The van der Waals surface area contributed by atoms with Crippen LogP contribution in [0.2, 0.25) is 0 Å². The SMILES string of the molecule is CCC1(Cl)C([SiH2]C2=Cc3ccccc3C2(Cl)CC)=Cc2ccccc21.[Hf]. The average molecular weight is 564 g/mol. The molecule has 0 nitrogen and oxygen atoms in total. The Morgan fingerprint density at radius 1 is 0.731 bits per heavy atom. The zero-order chi connectivity index (χ0) is 17.7. The molecule has 0 saturated heterocycles. The number of alkyl halides is 2. The molecule has 4 heteroatoms. The first-order chi connectivity index (χ1) is 12.0. The first kappa shape index (κ1) is 20.3. The van der Waals surface area contributed by atoms with Gasteiger partial charge >= 0.3 is 0 Å². The van der Waals surface area contributed by atoms with Gasteiger partial charge in [0.05, 0.1) is 19.3 Å². The molecule has 0 aromatic heterocycles. The number of fused-ring (bicyclic) bond motifs is 2. The van der Waals surface area contributed by atoms with Crippen LogP contribution in [0.25, 0.3) is 12.2 Å². The topological polar surface area (TPSA) is 0 Å². The van der Waals surface area contributed by atoms with Gasteiger partial charge in [0, 0.05) is 25.8 Å². The van der Waals surface area contributed by atoms with Crippen LogP contribution in [0.15, 0.2) is 58.9 Å². The van der Waals surface area contributed by atoms with Crippen LogP contribution in [-0.4, -0.2) is 9.52 Å². The quantitative estimate of drug-likeness (QED) is 0.319. The maximum Gasteiger partial charge on any atom is 0.0873 e. The number of hydrogen-bond acceptors (Lipinski definition) is 0. The van der Waals surface area contributed by atoms with Gasteiger partial charge in [-0.15, -0.1) is 23.2 Å². The van der Waals surface area contributed by atoms with Gasteiger partial charge < -0.3 is 0 Å². The van der Waals surface area contributed by atoms with Gasteiger partial charge in [-0.3, -0.25) is 0 Å². The Morgan fingerprint density at radius 2 is 1.12 bits per heavy atom. The molecule has 0 fully saturated rings. The molecule has 2 aromatic carbocycles.